The summed E-state index contributed by atoms with van der Waals surface area (Å²) in [7, 11) is 1.69. The Morgan fingerprint density at radius 2 is 1.85 bits per heavy atom. The smallest absolute Gasteiger partial charge is 0.131 e. The van der Waals surface area contributed by atoms with Crippen LogP contribution >= 0.6 is 0 Å². The standard InChI is InChI=1S/C17H20FNO/c1-12-4-3-5-15(16(12)18)17(19)14-8-6-13(7-9-14)10-11-20-2/h3-9,17H,10-11,19H2,1-2H3. The molecule has 0 aliphatic heterocycles. The molecule has 3 heteroatoms. The quantitative estimate of drug-likeness (QED) is 0.906. The summed E-state index contributed by atoms with van der Waals surface area (Å²) in [4.78, 5) is 0. The second-order valence-electron chi connectivity index (χ2n) is 4.94. The van der Waals surface area contributed by atoms with Crippen LogP contribution < -0.4 is 5.73 Å². The Kier molecular flexibility index (Phi) is 4.88. The number of methoxy groups -OCH3 is 1. The Labute approximate surface area is 119 Å². The van der Waals surface area contributed by atoms with Gasteiger partial charge in [0.25, 0.3) is 0 Å². The lowest BCUT2D eigenvalue weighted by Crippen LogP contribution is -2.14. The normalized spacial score (nSPS) is 12.4. The second kappa shape index (κ2) is 6.64. The molecule has 0 fully saturated rings. The van der Waals surface area contributed by atoms with Gasteiger partial charge in [0.1, 0.15) is 5.82 Å². The summed E-state index contributed by atoms with van der Waals surface area (Å²) >= 11 is 0. The molecule has 0 aromatic heterocycles. The minimum atomic E-state index is -0.439. The average molecular weight is 273 g/mol. The molecule has 0 radical (unpaired) electrons. The molecule has 0 saturated carbocycles. The van der Waals surface area contributed by atoms with Gasteiger partial charge in [-0.2, -0.15) is 0 Å². The lowest BCUT2D eigenvalue weighted by Gasteiger charge is -2.15. The molecular formula is C17H20FNO. The van der Waals surface area contributed by atoms with E-state index >= 15 is 0 Å². The third-order valence-electron chi connectivity index (χ3n) is 3.49. The van der Waals surface area contributed by atoms with Crippen LogP contribution in [-0.4, -0.2) is 13.7 Å². The first kappa shape index (κ1) is 14.7. The van der Waals surface area contributed by atoms with Gasteiger partial charge in [-0.1, -0.05) is 42.5 Å². The van der Waals surface area contributed by atoms with Crippen LogP contribution in [0.3, 0.4) is 0 Å². The van der Waals surface area contributed by atoms with E-state index < -0.39 is 6.04 Å². The van der Waals surface area contributed by atoms with Crippen molar-refractivity contribution in [1.29, 1.82) is 0 Å². The van der Waals surface area contributed by atoms with Crippen molar-refractivity contribution in [1.82, 2.24) is 0 Å². The Hall–Kier alpha value is -1.71. The molecule has 0 bridgehead atoms. The van der Waals surface area contributed by atoms with E-state index in [-0.39, 0.29) is 5.82 Å². The molecule has 0 amide bonds. The van der Waals surface area contributed by atoms with Gasteiger partial charge in [-0.05, 0) is 30.0 Å². The fourth-order valence-corrected chi connectivity index (χ4v) is 2.20. The van der Waals surface area contributed by atoms with Gasteiger partial charge < -0.3 is 10.5 Å². The molecule has 2 nitrogen and oxygen atoms in total. The molecule has 0 spiro atoms. The molecule has 2 aromatic rings. The highest BCUT2D eigenvalue weighted by Crippen LogP contribution is 2.24. The summed E-state index contributed by atoms with van der Waals surface area (Å²) in [6.45, 7) is 2.44. The molecule has 1 unspecified atom stereocenters. The molecule has 0 aliphatic carbocycles. The molecule has 20 heavy (non-hydrogen) atoms. The summed E-state index contributed by atoms with van der Waals surface area (Å²) in [6, 6.07) is 12.8. The molecule has 0 aliphatic rings. The lowest BCUT2D eigenvalue weighted by molar-refractivity contribution is 0.202. The molecule has 1 atom stereocenters. The van der Waals surface area contributed by atoms with Gasteiger partial charge in [0, 0.05) is 12.7 Å². The van der Waals surface area contributed by atoms with Gasteiger partial charge in [0.15, 0.2) is 0 Å². The minimum absolute atomic E-state index is 0.219. The SMILES string of the molecule is COCCc1ccc(C(N)c2cccc(C)c2F)cc1. The van der Waals surface area contributed by atoms with Crippen molar-refractivity contribution < 1.29 is 9.13 Å². The number of hydrogen-bond donors (Lipinski definition) is 1. The summed E-state index contributed by atoms with van der Waals surface area (Å²) in [5, 5.41) is 0. The van der Waals surface area contributed by atoms with Gasteiger partial charge in [0.2, 0.25) is 0 Å². The monoisotopic (exact) mass is 273 g/mol. The first-order valence-corrected chi connectivity index (χ1v) is 6.72. The Balaban J connectivity index is 2.20. The van der Waals surface area contributed by atoms with Gasteiger partial charge in [-0.15, -0.1) is 0 Å². The minimum Gasteiger partial charge on any atom is -0.384 e. The number of ether oxygens (including phenoxy) is 1. The summed E-state index contributed by atoms with van der Waals surface area (Å²) in [5.74, 6) is -0.219. The second-order valence-corrected chi connectivity index (χ2v) is 4.94. The van der Waals surface area contributed by atoms with Crippen LogP contribution in [0.1, 0.15) is 28.3 Å². The Bertz CT molecular complexity index is 566. The summed E-state index contributed by atoms with van der Waals surface area (Å²) in [5.41, 5.74) is 9.43. The Morgan fingerprint density at radius 1 is 1.15 bits per heavy atom. The van der Waals surface area contributed by atoms with E-state index in [0.29, 0.717) is 17.7 Å². The van der Waals surface area contributed by atoms with E-state index in [0.717, 1.165) is 12.0 Å². The fourth-order valence-electron chi connectivity index (χ4n) is 2.20. The average Bonchev–Trinajstić information content (AvgIpc) is 2.48. The number of aryl methyl sites for hydroxylation is 1. The van der Waals surface area contributed by atoms with Crippen LogP contribution in [0.5, 0.6) is 0 Å². The van der Waals surface area contributed by atoms with E-state index in [1.165, 1.54) is 5.56 Å². The number of nitrogens with two attached hydrogens (primary N) is 1. The van der Waals surface area contributed by atoms with Crippen LogP contribution in [0.4, 0.5) is 4.39 Å². The fraction of sp³-hybridized carbons (Fsp3) is 0.294. The van der Waals surface area contributed by atoms with E-state index in [2.05, 4.69) is 0 Å². The predicted molar refractivity (Wildman–Crippen MR) is 79.2 cm³/mol. The van der Waals surface area contributed by atoms with Crippen molar-refractivity contribution in [2.75, 3.05) is 13.7 Å². The number of rotatable bonds is 5. The van der Waals surface area contributed by atoms with E-state index in [1.54, 1.807) is 26.2 Å². The lowest BCUT2D eigenvalue weighted by atomic mass is 9.96. The van der Waals surface area contributed by atoms with Crippen LogP contribution in [-0.2, 0) is 11.2 Å². The molecule has 2 rings (SSSR count). The highest BCUT2D eigenvalue weighted by atomic mass is 19.1. The third kappa shape index (κ3) is 3.24. The highest BCUT2D eigenvalue weighted by Gasteiger charge is 2.14. The maximum atomic E-state index is 14.1. The zero-order valence-electron chi connectivity index (χ0n) is 11.9. The Morgan fingerprint density at radius 3 is 2.50 bits per heavy atom. The summed E-state index contributed by atoms with van der Waals surface area (Å²) in [6.07, 6.45) is 0.866. The largest absolute Gasteiger partial charge is 0.384 e. The van der Waals surface area contributed by atoms with Gasteiger partial charge in [-0.25, -0.2) is 4.39 Å². The van der Waals surface area contributed by atoms with E-state index in [4.69, 9.17) is 10.5 Å². The van der Waals surface area contributed by atoms with Crippen molar-refractivity contribution in [2.45, 2.75) is 19.4 Å². The molecule has 0 saturated heterocycles. The van der Waals surface area contributed by atoms with Crippen molar-refractivity contribution >= 4 is 0 Å². The molecular weight excluding hydrogens is 253 g/mol. The van der Waals surface area contributed by atoms with Crippen molar-refractivity contribution in [3.8, 4) is 0 Å². The van der Waals surface area contributed by atoms with Crippen molar-refractivity contribution in [2.24, 2.45) is 5.73 Å². The molecule has 2 aromatic carbocycles. The van der Waals surface area contributed by atoms with Crippen molar-refractivity contribution in [3.05, 3.63) is 70.5 Å². The first-order valence-electron chi connectivity index (χ1n) is 6.72. The van der Waals surface area contributed by atoms with Gasteiger partial charge >= 0.3 is 0 Å². The van der Waals surface area contributed by atoms with Crippen LogP contribution in [0, 0.1) is 12.7 Å². The maximum absolute atomic E-state index is 14.1. The maximum Gasteiger partial charge on any atom is 0.131 e. The zero-order valence-corrected chi connectivity index (χ0v) is 11.9. The van der Waals surface area contributed by atoms with Gasteiger partial charge in [0.05, 0.1) is 12.6 Å². The van der Waals surface area contributed by atoms with Crippen LogP contribution in [0.25, 0.3) is 0 Å². The number of halogens is 1. The summed E-state index contributed by atoms with van der Waals surface area (Å²) < 4.78 is 19.1. The molecule has 0 heterocycles. The van der Waals surface area contributed by atoms with Gasteiger partial charge in [-0.3, -0.25) is 0 Å². The number of benzene rings is 2. The van der Waals surface area contributed by atoms with E-state index in [9.17, 15) is 4.39 Å². The predicted octanol–water partition coefficient (Wildman–Crippen LogP) is 3.37. The number of hydrogen-bond acceptors (Lipinski definition) is 2. The zero-order chi connectivity index (χ0) is 14.5. The molecule has 2 N–H and O–H groups in total. The highest BCUT2D eigenvalue weighted by molar-refractivity contribution is 5.36. The first-order chi connectivity index (χ1) is 9.63. The third-order valence-corrected chi connectivity index (χ3v) is 3.49. The molecule has 106 valence electrons. The van der Waals surface area contributed by atoms with Crippen LogP contribution in [0.15, 0.2) is 42.5 Å². The van der Waals surface area contributed by atoms with E-state index in [1.807, 2.05) is 30.3 Å². The van der Waals surface area contributed by atoms with Crippen LogP contribution in [0.2, 0.25) is 0 Å². The van der Waals surface area contributed by atoms with Crippen molar-refractivity contribution in [3.63, 3.8) is 0 Å². The topological polar surface area (TPSA) is 35.2 Å².